The van der Waals surface area contributed by atoms with Crippen LogP contribution in [0.4, 0.5) is 5.69 Å². The number of nitrogens with zero attached hydrogens (tertiary/aromatic N) is 4. The molecular formula is C22H23N5O. The van der Waals surface area contributed by atoms with Crippen molar-refractivity contribution >= 4 is 28.3 Å². The number of nitrogens with one attached hydrogen (secondary N) is 1. The second-order valence-electron chi connectivity index (χ2n) is 7.19. The van der Waals surface area contributed by atoms with E-state index in [1.54, 1.807) is 0 Å². The van der Waals surface area contributed by atoms with E-state index in [0.717, 1.165) is 44.9 Å². The highest BCUT2D eigenvalue weighted by Crippen LogP contribution is 2.25. The lowest BCUT2D eigenvalue weighted by atomic mass is 10.1. The fraction of sp³-hybridized carbons (Fsp3) is 0.273. The first-order valence-electron chi connectivity index (χ1n) is 9.41. The largest absolute Gasteiger partial charge is 0.326 e. The van der Waals surface area contributed by atoms with Crippen molar-refractivity contribution in [1.29, 1.82) is 0 Å². The van der Waals surface area contributed by atoms with Gasteiger partial charge in [-0.3, -0.25) is 4.79 Å². The summed E-state index contributed by atoms with van der Waals surface area (Å²) < 4.78 is 1.86. The number of anilines is 1. The molecule has 0 aliphatic carbocycles. The molecule has 6 nitrogen and oxygen atoms in total. The van der Waals surface area contributed by atoms with Gasteiger partial charge in [0.15, 0.2) is 11.3 Å². The highest BCUT2D eigenvalue weighted by atomic mass is 16.1. The molecule has 4 rings (SSSR count). The number of aromatic nitrogens is 4. The summed E-state index contributed by atoms with van der Waals surface area (Å²) in [5.74, 6) is -0.0103. The Labute approximate surface area is 163 Å². The van der Waals surface area contributed by atoms with E-state index in [2.05, 4.69) is 28.4 Å². The van der Waals surface area contributed by atoms with Gasteiger partial charge in [-0.15, -0.1) is 5.10 Å². The quantitative estimate of drug-likeness (QED) is 0.585. The molecule has 0 unspecified atom stereocenters. The summed E-state index contributed by atoms with van der Waals surface area (Å²) in [7, 11) is 0. The number of pyridine rings is 1. The number of aryl methyl sites for hydroxylation is 4. The number of hydrogen-bond acceptors (Lipinski definition) is 4. The van der Waals surface area contributed by atoms with Gasteiger partial charge in [-0.1, -0.05) is 18.2 Å². The molecule has 0 aliphatic rings. The predicted octanol–water partition coefficient (Wildman–Crippen LogP) is 4.08. The van der Waals surface area contributed by atoms with Crippen LogP contribution in [0.25, 0.3) is 16.7 Å². The summed E-state index contributed by atoms with van der Waals surface area (Å²) in [6.45, 7) is 8.05. The highest BCUT2D eigenvalue weighted by Gasteiger charge is 2.17. The number of hydrogen-bond donors (Lipinski definition) is 1. The van der Waals surface area contributed by atoms with E-state index in [1.807, 2.05) is 55.6 Å². The smallest absolute Gasteiger partial charge is 0.224 e. The topological polar surface area (TPSA) is 72.2 Å². The van der Waals surface area contributed by atoms with E-state index in [4.69, 9.17) is 4.98 Å². The molecule has 1 N–H and O–H groups in total. The molecule has 28 heavy (non-hydrogen) atoms. The van der Waals surface area contributed by atoms with Gasteiger partial charge in [0.1, 0.15) is 0 Å². The van der Waals surface area contributed by atoms with E-state index in [1.165, 1.54) is 0 Å². The minimum absolute atomic E-state index is 0.0103. The zero-order chi connectivity index (χ0) is 19.8. The van der Waals surface area contributed by atoms with Gasteiger partial charge in [-0.2, -0.15) is 0 Å². The lowest BCUT2D eigenvalue weighted by molar-refractivity contribution is -0.116. The van der Waals surface area contributed by atoms with Crippen molar-refractivity contribution in [3.05, 3.63) is 64.6 Å². The van der Waals surface area contributed by atoms with Crippen LogP contribution in [0, 0.1) is 27.7 Å². The average Bonchev–Trinajstić information content (AvgIpc) is 3.01. The third-order valence-corrected chi connectivity index (χ3v) is 5.07. The molecule has 3 heterocycles. The van der Waals surface area contributed by atoms with Crippen molar-refractivity contribution in [1.82, 2.24) is 19.6 Å². The monoisotopic (exact) mass is 373 g/mol. The third kappa shape index (κ3) is 3.22. The van der Waals surface area contributed by atoms with Crippen molar-refractivity contribution in [2.24, 2.45) is 0 Å². The van der Waals surface area contributed by atoms with E-state index in [-0.39, 0.29) is 5.91 Å². The molecule has 6 heteroatoms. The molecule has 0 spiro atoms. The Hall–Kier alpha value is -3.28. The molecule has 0 saturated carbocycles. The van der Waals surface area contributed by atoms with E-state index >= 15 is 0 Å². The first kappa shape index (κ1) is 18.1. The van der Waals surface area contributed by atoms with E-state index in [9.17, 15) is 4.79 Å². The molecule has 1 aromatic carbocycles. The lowest BCUT2D eigenvalue weighted by Gasteiger charge is -2.11. The second-order valence-corrected chi connectivity index (χ2v) is 7.19. The SMILES string of the molecule is Cc1cc(C)c2c(n1)nn1c(C)c(CCC(=O)Nc3ccccc3)c(C)nc21. The summed E-state index contributed by atoms with van der Waals surface area (Å²) in [6, 6.07) is 11.6. The van der Waals surface area contributed by atoms with Crippen LogP contribution < -0.4 is 5.32 Å². The Kier molecular flexibility index (Phi) is 4.55. The van der Waals surface area contributed by atoms with Gasteiger partial charge in [-0.25, -0.2) is 14.5 Å². The van der Waals surface area contributed by atoms with Crippen LogP contribution in [0.15, 0.2) is 36.4 Å². The van der Waals surface area contributed by atoms with Gasteiger partial charge in [0.2, 0.25) is 5.91 Å². The average molecular weight is 373 g/mol. The van der Waals surface area contributed by atoms with Crippen LogP contribution in [0.5, 0.6) is 0 Å². The molecule has 4 aromatic rings. The highest BCUT2D eigenvalue weighted by molar-refractivity contribution is 5.93. The van der Waals surface area contributed by atoms with Crippen molar-refractivity contribution in [2.75, 3.05) is 5.32 Å². The third-order valence-electron chi connectivity index (χ3n) is 5.07. The molecule has 0 atom stereocenters. The number of benzene rings is 1. The molecule has 0 radical (unpaired) electrons. The minimum Gasteiger partial charge on any atom is -0.326 e. The van der Waals surface area contributed by atoms with Gasteiger partial charge in [-0.05, 0) is 63.4 Å². The summed E-state index contributed by atoms with van der Waals surface area (Å²) in [5.41, 5.74) is 7.41. The molecular weight excluding hydrogens is 350 g/mol. The molecule has 142 valence electrons. The van der Waals surface area contributed by atoms with Crippen LogP contribution in [-0.2, 0) is 11.2 Å². The number of carbonyl (C=O) groups is 1. The molecule has 0 bridgehead atoms. The van der Waals surface area contributed by atoms with Crippen molar-refractivity contribution in [3.63, 3.8) is 0 Å². The Balaban J connectivity index is 1.65. The Morgan fingerprint density at radius 3 is 2.57 bits per heavy atom. The minimum atomic E-state index is -0.0103. The first-order chi connectivity index (χ1) is 13.4. The number of fused-ring (bicyclic) bond motifs is 3. The molecule has 1 amide bonds. The summed E-state index contributed by atoms with van der Waals surface area (Å²) in [4.78, 5) is 21.7. The Morgan fingerprint density at radius 2 is 1.82 bits per heavy atom. The van der Waals surface area contributed by atoms with Crippen LogP contribution in [0.3, 0.4) is 0 Å². The fourth-order valence-electron chi connectivity index (χ4n) is 3.71. The predicted molar refractivity (Wildman–Crippen MR) is 111 cm³/mol. The van der Waals surface area contributed by atoms with Gasteiger partial charge in [0, 0.05) is 29.2 Å². The maximum Gasteiger partial charge on any atom is 0.224 e. The number of para-hydroxylation sites is 1. The number of carbonyl (C=O) groups excluding carboxylic acids is 1. The molecule has 0 fully saturated rings. The number of amides is 1. The summed E-state index contributed by atoms with van der Waals surface area (Å²) in [5, 5.41) is 8.60. The zero-order valence-corrected chi connectivity index (χ0v) is 16.6. The summed E-state index contributed by atoms with van der Waals surface area (Å²) >= 11 is 0. The maximum atomic E-state index is 12.3. The van der Waals surface area contributed by atoms with Crippen molar-refractivity contribution in [2.45, 2.75) is 40.5 Å². The van der Waals surface area contributed by atoms with Crippen LogP contribution in [-0.4, -0.2) is 25.5 Å². The van der Waals surface area contributed by atoms with E-state index in [0.29, 0.717) is 18.5 Å². The fourth-order valence-corrected chi connectivity index (χ4v) is 3.71. The zero-order valence-electron chi connectivity index (χ0n) is 16.6. The number of rotatable bonds is 4. The lowest BCUT2D eigenvalue weighted by Crippen LogP contribution is -2.14. The van der Waals surface area contributed by atoms with Crippen molar-refractivity contribution in [3.8, 4) is 0 Å². The molecule has 0 aliphatic heterocycles. The Morgan fingerprint density at radius 1 is 1.07 bits per heavy atom. The normalized spacial score (nSPS) is 11.3. The van der Waals surface area contributed by atoms with Crippen LogP contribution in [0.1, 0.15) is 34.6 Å². The van der Waals surface area contributed by atoms with Gasteiger partial charge in [0.25, 0.3) is 0 Å². The van der Waals surface area contributed by atoms with Crippen LogP contribution in [0.2, 0.25) is 0 Å². The summed E-state index contributed by atoms with van der Waals surface area (Å²) in [6.07, 6.45) is 1.00. The molecule has 3 aromatic heterocycles. The first-order valence-corrected chi connectivity index (χ1v) is 9.41. The van der Waals surface area contributed by atoms with Gasteiger partial charge >= 0.3 is 0 Å². The standard InChI is InChI=1S/C22H23N5O/c1-13-12-14(2)23-21-20(13)22-24-15(3)18(16(4)27(22)26-21)10-11-19(28)25-17-8-6-5-7-9-17/h5-9,12H,10-11H2,1-4H3,(H,25,28). The van der Waals surface area contributed by atoms with Crippen molar-refractivity contribution < 1.29 is 4.79 Å². The Bertz CT molecular complexity index is 1190. The molecule has 0 saturated heterocycles. The van der Waals surface area contributed by atoms with Gasteiger partial charge < -0.3 is 5.32 Å². The maximum absolute atomic E-state index is 12.3. The van der Waals surface area contributed by atoms with Crippen LogP contribution >= 0.6 is 0 Å². The second kappa shape index (κ2) is 7.03. The van der Waals surface area contributed by atoms with E-state index < -0.39 is 0 Å². The van der Waals surface area contributed by atoms with Gasteiger partial charge in [0.05, 0.1) is 5.39 Å².